The van der Waals surface area contributed by atoms with Crippen LogP contribution in [-0.4, -0.2) is 31.6 Å². The lowest BCUT2D eigenvalue weighted by Crippen LogP contribution is -2.34. The van der Waals surface area contributed by atoms with Gasteiger partial charge in [0.2, 0.25) is 5.88 Å². The number of nitriles is 1. The molecule has 4 rings (SSSR count). The number of aliphatic hydroxyl groups is 1. The average Bonchev–Trinajstić information content (AvgIpc) is 3.34. The van der Waals surface area contributed by atoms with E-state index in [2.05, 4.69) is 5.32 Å². The van der Waals surface area contributed by atoms with Gasteiger partial charge in [-0.25, -0.2) is 9.48 Å². The molecule has 2 heterocycles. The van der Waals surface area contributed by atoms with Gasteiger partial charge in [0.25, 0.3) is 5.56 Å². The van der Waals surface area contributed by atoms with E-state index in [9.17, 15) is 20.0 Å². The van der Waals surface area contributed by atoms with Crippen LogP contribution >= 0.6 is 11.3 Å². The third kappa shape index (κ3) is 4.57. The highest BCUT2D eigenvalue weighted by molar-refractivity contribution is 7.07. The minimum Gasteiger partial charge on any atom is -0.493 e. The van der Waals surface area contributed by atoms with E-state index in [0.717, 1.165) is 11.3 Å². The number of aromatic nitrogens is 3. The van der Waals surface area contributed by atoms with Crippen LogP contribution in [0.3, 0.4) is 0 Å². The SMILES string of the molecule is CCOC(=O)/C(C#N)=c1/s/c(=C(/O)Nc2c(C)n(C)n(-c3ccccc3)c2=O)c(=N)n1-c1ccccc1. The molecule has 0 spiro atoms. The summed E-state index contributed by atoms with van der Waals surface area (Å²) in [7, 11) is 1.72. The third-order valence-corrected chi connectivity index (χ3v) is 6.84. The van der Waals surface area contributed by atoms with Gasteiger partial charge in [-0.15, -0.1) is 11.3 Å². The van der Waals surface area contributed by atoms with Crippen LogP contribution in [0, 0.1) is 23.7 Å². The lowest BCUT2D eigenvalue weighted by atomic mass is 10.3. The van der Waals surface area contributed by atoms with Gasteiger partial charge in [-0.2, -0.15) is 5.26 Å². The van der Waals surface area contributed by atoms with Crippen LogP contribution in [-0.2, 0) is 16.6 Å². The molecule has 2 aromatic heterocycles. The van der Waals surface area contributed by atoms with Crippen molar-refractivity contribution in [1.82, 2.24) is 13.9 Å². The standard InChI is InChI=1S/C26H24N6O4S/c1-4-36-26(35)19(15-27)25-31(17-11-7-5-8-12-17)22(28)21(37-25)23(33)29-20-16(2)30(3)32(24(20)34)18-13-9-6-10-14-18/h5-14,28-29,33H,4H2,1-3H3/b23-21+,25-19+,28-22?. The van der Waals surface area contributed by atoms with Crippen molar-refractivity contribution >= 4 is 34.4 Å². The maximum absolute atomic E-state index is 13.3. The molecule has 2 aromatic carbocycles. The van der Waals surface area contributed by atoms with Crippen molar-refractivity contribution in [2.75, 3.05) is 11.9 Å². The molecule has 3 N–H and O–H groups in total. The molecule has 10 nitrogen and oxygen atoms in total. The number of carbonyl (C=O) groups excluding carboxylic acids is 1. The highest BCUT2D eigenvalue weighted by Crippen LogP contribution is 2.15. The molecule has 0 fully saturated rings. The molecule has 37 heavy (non-hydrogen) atoms. The van der Waals surface area contributed by atoms with Crippen LogP contribution < -0.4 is 25.6 Å². The Labute approximate surface area is 215 Å². The fraction of sp³-hybridized carbons (Fsp3) is 0.154. The molecule has 0 radical (unpaired) electrons. The first-order chi connectivity index (χ1) is 17.8. The monoisotopic (exact) mass is 516 g/mol. The van der Waals surface area contributed by atoms with Crippen molar-refractivity contribution in [2.45, 2.75) is 13.8 Å². The first-order valence-electron chi connectivity index (χ1n) is 11.3. The van der Waals surface area contributed by atoms with Gasteiger partial charge in [-0.3, -0.25) is 19.5 Å². The molecular formula is C26H24N6O4S. The summed E-state index contributed by atoms with van der Waals surface area (Å²) in [6.45, 7) is 3.42. The zero-order chi connectivity index (χ0) is 26.7. The average molecular weight is 517 g/mol. The van der Waals surface area contributed by atoms with Crippen molar-refractivity contribution in [3.8, 4) is 17.4 Å². The fourth-order valence-electron chi connectivity index (χ4n) is 3.81. The maximum Gasteiger partial charge on any atom is 0.351 e. The van der Waals surface area contributed by atoms with E-state index in [4.69, 9.17) is 10.1 Å². The van der Waals surface area contributed by atoms with Crippen LogP contribution in [0.15, 0.2) is 65.5 Å². The van der Waals surface area contributed by atoms with E-state index in [0.29, 0.717) is 17.1 Å². The molecule has 0 bridgehead atoms. The number of esters is 1. The number of ether oxygens (including phenoxy) is 1. The second kappa shape index (κ2) is 10.4. The number of anilines is 1. The van der Waals surface area contributed by atoms with Crippen LogP contribution in [0.4, 0.5) is 5.69 Å². The van der Waals surface area contributed by atoms with E-state index < -0.39 is 17.4 Å². The molecular weight excluding hydrogens is 492 g/mol. The van der Waals surface area contributed by atoms with Gasteiger partial charge in [0.05, 0.1) is 18.0 Å². The lowest BCUT2D eigenvalue weighted by molar-refractivity contribution is -0.136. The minimum atomic E-state index is -0.834. The molecule has 0 aliphatic rings. The van der Waals surface area contributed by atoms with Crippen LogP contribution in [0.1, 0.15) is 12.6 Å². The number of rotatable bonds is 6. The quantitative estimate of drug-likeness (QED) is 0.334. The first-order valence-corrected chi connectivity index (χ1v) is 12.1. The van der Waals surface area contributed by atoms with Gasteiger partial charge in [-0.05, 0) is 38.1 Å². The smallest absolute Gasteiger partial charge is 0.351 e. The molecule has 0 atom stereocenters. The van der Waals surface area contributed by atoms with Gasteiger partial charge < -0.3 is 15.2 Å². The Kier molecular flexibility index (Phi) is 7.13. The van der Waals surface area contributed by atoms with Gasteiger partial charge >= 0.3 is 5.97 Å². The molecule has 0 aliphatic carbocycles. The molecule has 0 saturated carbocycles. The Morgan fingerprint density at radius 2 is 1.73 bits per heavy atom. The molecule has 0 unspecified atom stereocenters. The number of para-hydroxylation sites is 2. The number of nitrogens with zero attached hydrogens (tertiary/aromatic N) is 4. The number of carbonyl (C=O) groups is 1. The fourth-order valence-corrected chi connectivity index (χ4v) is 4.86. The summed E-state index contributed by atoms with van der Waals surface area (Å²) >= 11 is 0.864. The van der Waals surface area contributed by atoms with Crippen LogP contribution in [0.5, 0.6) is 0 Å². The van der Waals surface area contributed by atoms with E-state index >= 15 is 0 Å². The van der Waals surface area contributed by atoms with E-state index in [-0.39, 0.29) is 32.6 Å². The summed E-state index contributed by atoms with van der Waals surface area (Å²) in [6, 6.07) is 19.6. The molecule has 11 heteroatoms. The van der Waals surface area contributed by atoms with Crippen molar-refractivity contribution in [1.29, 1.82) is 10.7 Å². The Bertz CT molecular complexity index is 1760. The summed E-state index contributed by atoms with van der Waals surface area (Å²) < 4.78 is 9.68. The van der Waals surface area contributed by atoms with Crippen molar-refractivity contribution in [3.63, 3.8) is 0 Å². The molecule has 0 aliphatic heterocycles. The van der Waals surface area contributed by atoms with E-state index in [1.165, 1.54) is 9.25 Å². The highest BCUT2D eigenvalue weighted by Gasteiger charge is 2.20. The van der Waals surface area contributed by atoms with Gasteiger partial charge in [0.1, 0.15) is 21.0 Å². The number of thiazole rings is 1. The summed E-state index contributed by atoms with van der Waals surface area (Å²) in [4.78, 5) is 25.8. The Morgan fingerprint density at radius 1 is 1.14 bits per heavy atom. The number of nitrogens with one attached hydrogen (secondary N) is 2. The Morgan fingerprint density at radius 3 is 2.30 bits per heavy atom. The number of hydrogen-bond acceptors (Lipinski definition) is 8. The highest BCUT2D eigenvalue weighted by atomic mass is 32.1. The van der Waals surface area contributed by atoms with Crippen LogP contribution in [0.25, 0.3) is 22.8 Å². The predicted molar refractivity (Wildman–Crippen MR) is 140 cm³/mol. The van der Waals surface area contributed by atoms with Gasteiger partial charge in [0, 0.05) is 12.7 Å². The van der Waals surface area contributed by atoms with Crippen molar-refractivity contribution in [3.05, 3.63) is 91.4 Å². The van der Waals surface area contributed by atoms with E-state index in [1.807, 2.05) is 24.3 Å². The normalized spacial score (nSPS) is 12.5. The molecule has 0 saturated heterocycles. The Balaban J connectivity index is 1.97. The molecule has 188 valence electrons. The summed E-state index contributed by atoms with van der Waals surface area (Å²) in [5.41, 5.74) is 0.963. The second-order valence-corrected chi connectivity index (χ2v) is 8.87. The number of benzene rings is 2. The lowest BCUT2D eigenvalue weighted by Gasteiger charge is -2.07. The third-order valence-electron chi connectivity index (χ3n) is 5.67. The number of aliphatic hydroxyl groups excluding tert-OH is 1. The largest absolute Gasteiger partial charge is 0.493 e. The zero-order valence-corrected chi connectivity index (χ0v) is 21.2. The summed E-state index contributed by atoms with van der Waals surface area (Å²) in [5.74, 6) is -1.29. The maximum atomic E-state index is 13.3. The minimum absolute atomic E-state index is 0.0322. The molecule has 0 amide bonds. The summed E-state index contributed by atoms with van der Waals surface area (Å²) in [6.07, 6.45) is 0. The van der Waals surface area contributed by atoms with Crippen LogP contribution in [0.2, 0.25) is 0 Å². The summed E-state index contributed by atoms with van der Waals surface area (Å²) in [5, 5.41) is 32.4. The predicted octanol–water partition coefficient (Wildman–Crippen LogP) is 1.79. The van der Waals surface area contributed by atoms with Crippen molar-refractivity contribution < 1.29 is 14.6 Å². The second-order valence-electron chi connectivity index (χ2n) is 7.87. The Hall–Kier alpha value is -4.82. The van der Waals surface area contributed by atoms with E-state index in [1.54, 1.807) is 68.0 Å². The molecule has 4 aromatic rings. The van der Waals surface area contributed by atoms with Crippen molar-refractivity contribution in [2.24, 2.45) is 7.05 Å². The number of hydrogen-bond donors (Lipinski definition) is 3. The zero-order valence-electron chi connectivity index (χ0n) is 20.3. The van der Waals surface area contributed by atoms with Gasteiger partial charge in [-0.1, -0.05) is 36.4 Å². The van der Waals surface area contributed by atoms with Gasteiger partial charge in [0.15, 0.2) is 11.1 Å². The first kappa shape index (κ1) is 25.3. The topological polar surface area (TPSA) is 138 Å².